The van der Waals surface area contributed by atoms with E-state index in [2.05, 4.69) is 0 Å². The highest BCUT2D eigenvalue weighted by molar-refractivity contribution is 5.83. The van der Waals surface area contributed by atoms with Gasteiger partial charge in [-0.15, -0.1) is 0 Å². The van der Waals surface area contributed by atoms with Crippen molar-refractivity contribution in [1.82, 2.24) is 4.90 Å². The summed E-state index contributed by atoms with van der Waals surface area (Å²) >= 11 is 0. The zero-order chi connectivity index (χ0) is 13.8. The lowest BCUT2D eigenvalue weighted by molar-refractivity contribution is -0.132. The third kappa shape index (κ3) is 3.11. The molecule has 1 aromatic rings. The second-order valence-corrected chi connectivity index (χ2v) is 4.90. The van der Waals surface area contributed by atoms with E-state index in [1.54, 1.807) is 17.0 Å². The molecule has 0 bridgehead atoms. The molecule has 0 aromatic heterocycles. The molecule has 1 amide bonds. The predicted molar refractivity (Wildman–Crippen MR) is 70.0 cm³/mol. The summed E-state index contributed by atoms with van der Waals surface area (Å²) in [7, 11) is 0. The van der Waals surface area contributed by atoms with E-state index in [9.17, 15) is 14.3 Å². The molecule has 2 unspecified atom stereocenters. The van der Waals surface area contributed by atoms with Gasteiger partial charge in [-0.05, 0) is 30.5 Å². The van der Waals surface area contributed by atoms with Gasteiger partial charge in [-0.25, -0.2) is 4.39 Å². The van der Waals surface area contributed by atoms with Gasteiger partial charge in [0.1, 0.15) is 5.82 Å². The first-order chi connectivity index (χ1) is 9.13. The lowest BCUT2D eigenvalue weighted by Gasteiger charge is -2.26. The Morgan fingerprint density at radius 1 is 1.32 bits per heavy atom. The molecule has 1 fully saturated rings. The minimum Gasteiger partial charge on any atom is -0.396 e. The number of benzene rings is 1. The zero-order valence-corrected chi connectivity index (χ0v) is 10.8. The van der Waals surface area contributed by atoms with Crippen LogP contribution in [0.1, 0.15) is 24.3 Å². The Balaban J connectivity index is 2.11. The molecular weight excluding hydrogens is 247 g/mol. The number of nitrogens with two attached hydrogens (primary N) is 1. The van der Waals surface area contributed by atoms with Crippen LogP contribution in [0.25, 0.3) is 0 Å². The molecule has 19 heavy (non-hydrogen) atoms. The summed E-state index contributed by atoms with van der Waals surface area (Å²) in [5, 5.41) is 9.47. The van der Waals surface area contributed by atoms with Crippen LogP contribution in [0.2, 0.25) is 0 Å². The van der Waals surface area contributed by atoms with Crippen LogP contribution in [0.15, 0.2) is 24.3 Å². The van der Waals surface area contributed by atoms with Crippen molar-refractivity contribution in [3.63, 3.8) is 0 Å². The topological polar surface area (TPSA) is 66.6 Å². The van der Waals surface area contributed by atoms with E-state index in [1.807, 2.05) is 0 Å². The van der Waals surface area contributed by atoms with Gasteiger partial charge in [0, 0.05) is 19.0 Å². The summed E-state index contributed by atoms with van der Waals surface area (Å²) in [4.78, 5) is 13.9. The number of rotatable bonds is 4. The molecule has 1 saturated heterocycles. The minimum absolute atomic E-state index is 0.138. The number of hydrogen-bond acceptors (Lipinski definition) is 3. The molecule has 3 N–H and O–H groups in total. The van der Waals surface area contributed by atoms with E-state index in [0.717, 1.165) is 25.9 Å². The maximum absolute atomic E-state index is 12.9. The van der Waals surface area contributed by atoms with Crippen LogP contribution in [0.5, 0.6) is 0 Å². The van der Waals surface area contributed by atoms with Crippen LogP contribution in [-0.2, 0) is 4.79 Å². The SMILES string of the molecule is NC(C(=O)N1CCCC1)C(CO)c1ccc(F)cc1. The largest absolute Gasteiger partial charge is 0.396 e. The first-order valence-corrected chi connectivity index (χ1v) is 6.54. The van der Waals surface area contributed by atoms with E-state index in [0.29, 0.717) is 5.56 Å². The van der Waals surface area contributed by atoms with Crippen molar-refractivity contribution in [3.8, 4) is 0 Å². The predicted octanol–water partition coefficient (Wildman–Crippen LogP) is 0.851. The first kappa shape index (κ1) is 14.0. The molecule has 0 radical (unpaired) electrons. The smallest absolute Gasteiger partial charge is 0.240 e. The lowest BCUT2D eigenvalue weighted by atomic mass is 9.92. The number of hydrogen-bond donors (Lipinski definition) is 2. The summed E-state index contributed by atoms with van der Waals surface area (Å²) < 4.78 is 12.9. The van der Waals surface area contributed by atoms with Gasteiger partial charge < -0.3 is 15.7 Å². The van der Waals surface area contributed by atoms with E-state index in [1.165, 1.54) is 12.1 Å². The van der Waals surface area contributed by atoms with Crippen molar-refractivity contribution >= 4 is 5.91 Å². The van der Waals surface area contributed by atoms with Crippen molar-refractivity contribution in [3.05, 3.63) is 35.6 Å². The molecule has 1 aliphatic rings. The lowest BCUT2D eigenvalue weighted by Crippen LogP contribution is -2.46. The molecule has 0 aliphatic carbocycles. The molecule has 2 rings (SSSR count). The Kier molecular flexibility index (Phi) is 4.50. The summed E-state index contributed by atoms with van der Waals surface area (Å²) in [5.41, 5.74) is 6.66. The molecule has 1 heterocycles. The fourth-order valence-corrected chi connectivity index (χ4v) is 2.46. The van der Waals surface area contributed by atoms with E-state index in [-0.39, 0.29) is 18.3 Å². The number of amides is 1. The number of nitrogens with zero attached hydrogens (tertiary/aromatic N) is 1. The van der Waals surface area contributed by atoms with Gasteiger partial charge in [-0.1, -0.05) is 12.1 Å². The fourth-order valence-electron chi connectivity index (χ4n) is 2.46. The fraction of sp³-hybridized carbons (Fsp3) is 0.500. The van der Waals surface area contributed by atoms with Crippen LogP contribution in [0.3, 0.4) is 0 Å². The van der Waals surface area contributed by atoms with Gasteiger partial charge in [-0.2, -0.15) is 0 Å². The Morgan fingerprint density at radius 3 is 2.42 bits per heavy atom. The molecule has 0 spiro atoms. The van der Waals surface area contributed by atoms with Crippen LogP contribution in [0, 0.1) is 5.82 Å². The highest BCUT2D eigenvalue weighted by Gasteiger charge is 2.30. The summed E-state index contributed by atoms with van der Waals surface area (Å²) in [6, 6.07) is 4.96. The van der Waals surface area contributed by atoms with Crippen molar-refractivity contribution in [2.75, 3.05) is 19.7 Å². The molecular formula is C14H19FN2O2. The first-order valence-electron chi connectivity index (χ1n) is 6.54. The molecule has 1 aliphatic heterocycles. The van der Waals surface area contributed by atoms with Crippen molar-refractivity contribution in [2.45, 2.75) is 24.8 Å². The number of carbonyl (C=O) groups excluding carboxylic acids is 1. The third-order valence-electron chi connectivity index (χ3n) is 3.63. The maximum Gasteiger partial charge on any atom is 0.240 e. The molecule has 4 nitrogen and oxygen atoms in total. The summed E-state index contributed by atoms with van der Waals surface area (Å²) in [6.07, 6.45) is 2.00. The van der Waals surface area contributed by atoms with Gasteiger partial charge in [-0.3, -0.25) is 4.79 Å². The van der Waals surface area contributed by atoms with Gasteiger partial charge in [0.2, 0.25) is 5.91 Å². The zero-order valence-electron chi connectivity index (χ0n) is 10.8. The highest BCUT2D eigenvalue weighted by Crippen LogP contribution is 2.21. The van der Waals surface area contributed by atoms with E-state index < -0.39 is 12.0 Å². The van der Waals surface area contributed by atoms with E-state index in [4.69, 9.17) is 5.73 Å². The normalized spacial score (nSPS) is 18.4. The molecule has 2 atom stereocenters. The third-order valence-corrected chi connectivity index (χ3v) is 3.63. The molecule has 0 saturated carbocycles. The van der Waals surface area contributed by atoms with Crippen molar-refractivity contribution in [1.29, 1.82) is 0 Å². The van der Waals surface area contributed by atoms with Gasteiger partial charge >= 0.3 is 0 Å². The van der Waals surface area contributed by atoms with Crippen LogP contribution < -0.4 is 5.73 Å². The number of aliphatic hydroxyl groups is 1. The van der Waals surface area contributed by atoms with Crippen LogP contribution in [-0.4, -0.2) is 41.7 Å². The Morgan fingerprint density at radius 2 is 1.89 bits per heavy atom. The average molecular weight is 266 g/mol. The van der Waals surface area contributed by atoms with Gasteiger partial charge in [0.05, 0.1) is 12.6 Å². The van der Waals surface area contributed by atoms with Crippen LogP contribution in [0.4, 0.5) is 4.39 Å². The standard InChI is InChI=1S/C14H19FN2O2/c15-11-5-3-10(4-6-11)12(9-18)13(16)14(19)17-7-1-2-8-17/h3-6,12-13,18H,1-2,7-9,16H2. The second kappa shape index (κ2) is 6.12. The molecule has 5 heteroatoms. The van der Waals surface area contributed by atoms with E-state index >= 15 is 0 Å². The molecule has 104 valence electrons. The number of aliphatic hydroxyl groups excluding tert-OH is 1. The number of carbonyl (C=O) groups is 1. The Bertz CT molecular complexity index is 430. The Labute approximate surface area is 112 Å². The maximum atomic E-state index is 12.9. The highest BCUT2D eigenvalue weighted by atomic mass is 19.1. The van der Waals surface area contributed by atoms with Gasteiger partial charge in [0.25, 0.3) is 0 Å². The minimum atomic E-state index is -0.784. The van der Waals surface area contributed by atoms with Gasteiger partial charge in [0.15, 0.2) is 0 Å². The van der Waals surface area contributed by atoms with Crippen molar-refractivity contribution < 1.29 is 14.3 Å². The molecule has 1 aromatic carbocycles. The summed E-state index contributed by atoms with van der Waals surface area (Å²) in [6.45, 7) is 1.23. The average Bonchev–Trinajstić information content (AvgIpc) is 2.94. The van der Waals surface area contributed by atoms with Crippen LogP contribution >= 0.6 is 0 Å². The monoisotopic (exact) mass is 266 g/mol. The second-order valence-electron chi connectivity index (χ2n) is 4.90. The summed E-state index contributed by atoms with van der Waals surface area (Å²) in [5.74, 6) is -0.977. The number of halogens is 1. The van der Waals surface area contributed by atoms with Crippen molar-refractivity contribution in [2.24, 2.45) is 5.73 Å². The number of likely N-dealkylation sites (tertiary alicyclic amines) is 1. The quantitative estimate of drug-likeness (QED) is 0.849. The Hall–Kier alpha value is -1.46.